The lowest BCUT2D eigenvalue weighted by atomic mass is 9.99. The molecule has 1 saturated heterocycles. The fourth-order valence-corrected chi connectivity index (χ4v) is 4.45. The van der Waals surface area contributed by atoms with Crippen LogP contribution in [0.3, 0.4) is 0 Å². The number of nitrogens with zero attached hydrogens (tertiary/aromatic N) is 4. The van der Waals surface area contributed by atoms with Crippen LogP contribution in [-0.2, 0) is 16.0 Å². The van der Waals surface area contributed by atoms with Gasteiger partial charge in [0.25, 0.3) is 5.91 Å². The fourth-order valence-electron chi connectivity index (χ4n) is 4.45. The van der Waals surface area contributed by atoms with Gasteiger partial charge in [-0.2, -0.15) is 0 Å². The summed E-state index contributed by atoms with van der Waals surface area (Å²) in [5.74, 6) is 0.180. The molecule has 1 amide bonds. The number of rotatable bonds is 4. The van der Waals surface area contributed by atoms with E-state index in [2.05, 4.69) is 30.2 Å². The predicted octanol–water partition coefficient (Wildman–Crippen LogP) is 3.62. The topological polar surface area (TPSA) is 93.0 Å². The minimum absolute atomic E-state index is 0.140. The predicted molar refractivity (Wildman–Crippen MR) is 135 cm³/mol. The number of hydrogen-bond donors (Lipinski definition) is 2. The van der Waals surface area contributed by atoms with Crippen molar-refractivity contribution in [2.75, 3.05) is 50.7 Å². The number of halogens is 1. The van der Waals surface area contributed by atoms with Crippen LogP contribution in [0.5, 0.6) is 0 Å². The van der Waals surface area contributed by atoms with E-state index in [0.717, 1.165) is 48.8 Å². The van der Waals surface area contributed by atoms with E-state index < -0.39 is 0 Å². The normalized spacial score (nSPS) is 14.8. The van der Waals surface area contributed by atoms with Gasteiger partial charge in [0.05, 0.1) is 48.2 Å². The van der Waals surface area contributed by atoms with Crippen LogP contribution in [0.15, 0.2) is 55.0 Å². The number of anilines is 3. The van der Waals surface area contributed by atoms with Gasteiger partial charge in [0.15, 0.2) is 0 Å². The van der Waals surface area contributed by atoms with E-state index in [1.54, 1.807) is 26.6 Å². The largest absolute Gasteiger partial charge is 0.388 e. The third-order valence-corrected chi connectivity index (χ3v) is 6.10. The Hall–Kier alpha value is -4.02. The number of hydrogen-bond acceptors (Lipinski definition) is 7. The van der Waals surface area contributed by atoms with Crippen molar-refractivity contribution in [2.45, 2.75) is 6.54 Å². The Morgan fingerprint density at radius 2 is 1.89 bits per heavy atom. The van der Waals surface area contributed by atoms with Gasteiger partial charge in [-0.25, -0.2) is 14.4 Å². The van der Waals surface area contributed by atoms with Crippen molar-refractivity contribution in [1.82, 2.24) is 19.7 Å². The lowest BCUT2D eigenvalue weighted by molar-refractivity contribution is 0.0966. The molecule has 10 heteroatoms. The second-order valence-electron chi connectivity index (χ2n) is 8.45. The molecule has 0 atom stereocenters. The zero-order valence-electron chi connectivity index (χ0n) is 20.1. The molecule has 0 saturated carbocycles. The Kier molecular flexibility index (Phi) is 6.79. The smallest absolute Gasteiger partial charge is 0.254 e. The van der Waals surface area contributed by atoms with Crippen molar-refractivity contribution in [3.63, 3.8) is 0 Å². The van der Waals surface area contributed by atoms with Crippen molar-refractivity contribution in [1.29, 1.82) is 0 Å². The second-order valence-corrected chi connectivity index (χ2v) is 8.45. The minimum atomic E-state index is -0.339. The number of carbonyl (C=O) groups is 1. The SMILES string of the molecule is COC.O=C1NCc2c(-c3cnc4cc(F)ccn34)ccc(Nc3ccc(N4CCOCC4)cn3)c21. The highest BCUT2D eigenvalue weighted by atomic mass is 19.1. The summed E-state index contributed by atoms with van der Waals surface area (Å²) in [5.41, 5.74) is 5.40. The Bertz CT molecular complexity index is 1380. The van der Waals surface area contributed by atoms with Crippen molar-refractivity contribution in [3.8, 4) is 11.3 Å². The molecule has 5 heterocycles. The van der Waals surface area contributed by atoms with Crippen LogP contribution < -0.4 is 15.5 Å². The molecule has 2 N–H and O–H groups in total. The lowest BCUT2D eigenvalue weighted by Gasteiger charge is -2.28. The number of benzene rings is 1. The first-order valence-electron chi connectivity index (χ1n) is 11.6. The van der Waals surface area contributed by atoms with Crippen LogP contribution in [0, 0.1) is 5.82 Å². The maximum Gasteiger partial charge on any atom is 0.254 e. The van der Waals surface area contributed by atoms with E-state index in [4.69, 9.17) is 4.74 Å². The molecule has 36 heavy (non-hydrogen) atoms. The maximum absolute atomic E-state index is 13.6. The first kappa shape index (κ1) is 23.7. The van der Waals surface area contributed by atoms with E-state index in [1.165, 1.54) is 12.1 Å². The molecule has 9 nitrogen and oxygen atoms in total. The third kappa shape index (κ3) is 4.60. The van der Waals surface area contributed by atoms with E-state index >= 15 is 0 Å². The van der Waals surface area contributed by atoms with Gasteiger partial charge in [0, 0.05) is 51.7 Å². The van der Waals surface area contributed by atoms with E-state index in [0.29, 0.717) is 29.3 Å². The molecule has 0 bridgehead atoms. The van der Waals surface area contributed by atoms with Crippen LogP contribution in [-0.4, -0.2) is 60.8 Å². The average molecular weight is 491 g/mol. The molecule has 0 radical (unpaired) electrons. The molecule has 2 aliphatic heterocycles. The zero-order chi connectivity index (χ0) is 25.1. The van der Waals surface area contributed by atoms with Crippen LogP contribution in [0.4, 0.5) is 21.6 Å². The quantitative estimate of drug-likeness (QED) is 0.451. The van der Waals surface area contributed by atoms with Gasteiger partial charge < -0.3 is 25.0 Å². The number of ether oxygens (including phenoxy) is 2. The van der Waals surface area contributed by atoms with Crippen molar-refractivity contribution in [3.05, 3.63) is 71.9 Å². The van der Waals surface area contributed by atoms with Gasteiger partial charge in [0.2, 0.25) is 0 Å². The molecule has 0 aliphatic carbocycles. The Balaban J connectivity index is 0.000000848. The van der Waals surface area contributed by atoms with Crippen molar-refractivity contribution < 1.29 is 18.7 Å². The van der Waals surface area contributed by atoms with E-state index in [-0.39, 0.29) is 11.7 Å². The van der Waals surface area contributed by atoms with Gasteiger partial charge in [-0.3, -0.25) is 9.20 Å². The van der Waals surface area contributed by atoms with Gasteiger partial charge in [-0.1, -0.05) is 6.07 Å². The van der Waals surface area contributed by atoms with Gasteiger partial charge in [-0.05, 0) is 29.8 Å². The molecule has 6 rings (SSSR count). The summed E-state index contributed by atoms with van der Waals surface area (Å²) in [5, 5.41) is 6.21. The first-order valence-corrected chi connectivity index (χ1v) is 11.6. The van der Waals surface area contributed by atoms with Crippen molar-refractivity contribution >= 4 is 28.7 Å². The van der Waals surface area contributed by atoms with Gasteiger partial charge in [0.1, 0.15) is 17.3 Å². The number of aromatic nitrogens is 3. The number of methoxy groups -OCH3 is 1. The number of morpholine rings is 1. The molecule has 4 aromatic rings. The van der Waals surface area contributed by atoms with E-state index in [9.17, 15) is 9.18 Å². The number of fused-ring (bicyclic) bond motifs is 2. The summed E-state index contributed by atoms with van der Waals surface area (Å²) in [6.07, 6.45) is 5.18. The molecule has 0 unspecified atom stereocenters. The number of carbonyl (C=O) groups excluding carboxylic acids is 1. The lowest BCUT2D eigenvalue weighted by Crippen LogP contribution is -2.36. The molecule has 3 aromatic heterocycles. The number of nitrogens with one attached hydrogen (secondary N) is 2. The zero-order valence-corrected chi connectivity index (χ0v) is 20.1. The Morgan fingerprint density at radius 1 is 1.08 bits per heavy atom. The van der Waals surface area contributed by atoms with Crippen LogP contribution in [0.25, 0.3) is 16.9 Å². The standard InChI is InChI=1S/C24H21FN6O2.C2H6O/c25-15-5-6-31-20(14-27-22(31)11-15)17-2-3-19(23-18(17)13-28-24(23)32)29-21-4-1-16(12-26-21)30-7-9-33-10-8-30;1-3-2/h1-6,11-12,14H,7-10,13H2,(H,26,29)(H,28,32);1-2H3. The monoisotopic (exact) mass is 490 g/mol. The molecule has 0 spiro atoms. The van der Waals surface area contributed by atoms with Crippen LogP contribution >= 0.6 is 0 Å². The Morgan fingerprint density at radius 3 is 2.64 bits per heavy atom. The minimum Gasteiger partial charge on any atom is -0.388 e. The van der Waals surface area contributed by atoms with Gasteiger partial charge >= 0.3 is 0 Å². The summed E-state index contributed by atoms with van der Waals surface area (Å²) in [6.45, 7) is 3.54. The van der Waals surface area contributed by atoms with Crippen LogP contribution in [0.2, 0.25) is 0 Å². The summed E-state index contributed by atoms with van der Waals surface area (Å²) in [6, 6.07) is 10.5. The number of pyridine rings is 2. The highest BCUT2D eigenvalue weighted by Crippen LogP contribution is 2.35. The Labute approximate surface area is 207 Å². The van der Waals surface area contributed by atoms with Gasteiger partial charge in [-0.15, -0.1) is 0 Å². The molecule has 1 fully saturated rings. The molecular formula is C26H27FN6O3. The molecule has 1 aromatic carbocycles. The average Bonchev–Trinajstić information content (AvgIpc) is 3.49. The highest BCUT2D eigenvalue weighted by molar-refractivity contribution is 6.06. The molecule has 186 valence electrons. The first-order chi connectivity index (χ1) is 17.6. The van der Waals surface area contributed by atoms with Crippen LogP contribution in [0.1, 0.15) is 15.9 Å². The summed E-state index contributed by atoms with van der Waals surface area (Å²) in [4.78, 5) is 23.8. The fraction of sp³-hybridized carbons (Fsp3) is 0.269. The summed E-state index contributed by atoms with van der Waals surface area (Å²) >= 11 is 0. The van der Waals surface area contributed by atoms with E-state index in [1.807, 2.05) is 34.9 Å². The maximum atomic E-state index is 13.6. The number of imidazole rings is 1. The highest BCUT2D eigenvalue weighted by Gasteiger charge is 2.27. The third-order valence-electron chi connectivity index (χ3n) is 6.10. The number of amides is 1. The summed E-state index contributed by atoms with van der Waals surface area (Å²) < 4.78 is 25.1. The molecular weight excluding hydrogens is 463 g/mol. The molecule has 2 aliphatic rings. The second kappa shape index (κ2) is 10.3. The summed E-state index contributed by atoms with van der Waals surface area (Å²) in [7, 11) is 3.25. The van der Waals surface area contributed by atoms with Crippen molar-refractivity contribution in [2.24, 2.45) is 0 Å².